The minimum absolute atomic E-state index is 0.752. The standard InChI is InChI=1S/C20H20N2/c1-13-7-3-5-9-16(13)19(14(2)21)20-17-10-6-4-8-15(17)11-12-18(20)22/h3-12H,21-22H2,1-2H3/b19-14-. The first-order valence-corrected chi connectivity index (χ1v) is 7.39. The molecule has 0 atom stereocenters. The molecule has 3 rings (SSSR count). The number of anilines is 1. The van der Waals surface area contributed by atoms with E-state index >= 15 is 0 Å². The number of allylic oxidation sites excluding steroid dienone is 1. The smallest absolute Gasteiger partial charge is 0.0401 e. The van der Waals surface area contributed by atoms with Crippen LogP contribution in [-0.4, -0.2) is 0 Å². The second kappa shape index (κ2) is 5.57. The summed E-state index contributed by atoms with van der Waals surface area (Å²) in [6.45, 7) is 4.03. The van der Waals surface area contributed by atoms with Gasteiger partial charge in [0.25, 0.3) is 0 Å². The molecule has 0 saturated heterocycles. The SMILES string of the molecule is C/C(N)=C(\c1ccccc1C)c1c(N)ccc2ccccc12. The summed E-state index contributed by atoms with van der Waals surface area (Å²) in [7, 11) is 0. The zero-order valence-corrected chi connectivity index (χ0v) is 12.9. The van der Waals surface area contributed by atoms with Crippen molar-refractivity contribution in [3.8, 4) is 0 Å². The molecule has 0 aliphatic rings. The van der Waals surface area contributed by atoms with Crippen molar-refractivity contribution < 1.29 is 0 Å². The van der Waals surface area contributed by atoms with E-state index in [2.05, 4.69) is 37.3 Å². The van der Waals surface area contributed by atoms with Crippen LogP contribution in [0, 0.1) is 6.92 Å². The quantitative estimate of drug-likeness (QED) is 0.684. The highest BCUT2D eigenvalue weighted by molar-refractivity contribution is 6.03. The lowest BCUT2D eigenvalue weighted by atomic mass is 9.88. The van der Waals surface area contributed by atoms with Crippen molar-refractivity contribution in [2.24, 2.45) is 5.73 Å². The van der Waals surface area contributed by atoms with Crippen LogP contribution in [0.1, 0.15) is 23.6 Å². The molecule has 0 aliphatic heterocycles. The van der Waals surface area contributed by atoms with Gasteiger partial charge in [-0.1, -0.05) is 54.6 Å². The Labute approximate surface area is 131 Å². The number of hydrogen-bond donors (Lipinski definition) is 2. The average molecular weight is 288 g/mol. The Morgan fingerprint density at radius 1 is 0.864 bits per heavy atom. The van der Waals surface area contributed by atoms with E-state index in [4.69, 9.17) is 11.5 Å². The second-order valence-electron chi connectivity index (χ2n) is 5.62. The van der Waals surface area contributed by atoms with Crippen LogP contribution in [-0.2, 0) is 0 Å². The van der Waals surface area contributed by atoms with Crippen LogP contribution >= 0.6 is 0 Å². The molecule has 0 fully saturated rings. The Morgan fingerprint density at radius 2 is 1.55 bits per heavy atom. The fourth-order valence-corrected chi connectivity index (χ4v) is 2.97. The maximum Gasteiger partial charge on any atom is 0.0401 e. The molecule has 3 aromatic rings. The van der Waals surface area contributed by atoms with Crippen molar-refractivity contribution in [1.82, 2.24) is 0 Å². The highest BCUT2D eigenvalue weighted by atomic mass is 14.6. The highest BCUT2D eigenvalue weighted by Crippen LogP contribution is 2.36. The lowest BCUT2D eigenvalue weighted by molar-refractivity contribution is 1.30. The highest BCUT2D eigenvalue weighted by Gasteiger charge is 2.15. The number of fused-ring (bicyclic) bond motifs is 1. The Kier molecular flexibility index (Phi) is 3.60. The molecule has 0 amide bonds. The van der Waals surface area contributed by atoms with E-state index in [1.165, 1.54) is 10.9 Å². The third-order valence-electron chi connectivity index (χ3n) is 4.02. The fraction of sp³-hybridized carbons (Fsp3) is 0.100. The molecule has 0 saturated carbocycles. The molecule has 110 valence electrons. The molecular formula is C20H20N2. The van der Waals surface area contributed by atoms with Gasteiger partial charge in [0.15, 0.2) is 0 Å². The van der Waals surface area contributed by atoms with E-state index < -0.39 is 0 Å². The molecule has 22 heavy (non-hydrogen) atoms. The normalized spacial score (nSPS) is 12.3. The lowest BCUT2D eigenvalue weighted by Crippen LogP contribution is -2.04. The van der Waals surface area contributed by atoms with E-state index in [1.807, 2.05) is 37.3 Å². The number of nitrogen functional groups attached to an aromatic ring is 1. The predicted molar refractivity (Wildman–Crippen MR) is 95.4 cm³/mol. The Morgan fingerprint density at radius 3 is 2.27 bits per heavy atom. The van der Waals surface area contributed by atoms with Crippen molar-refractivity contribution in [2.75, 3.05) is 5.73 Å². The zero-order valence-electron chi connectivity index (χ0n) is 12.9. The largest absolute Gasteiger partial charge is 0.402 e. The van der Waals surface area contributed by atoms with Crippen LogP contribution in [0.2, 0.25) is 0 Å². The molecule has 0 aromatic heterocycles. The Bertz CT molecular complexity index is 872. The van der Waals surface area contributed by atoms with Crippen LogP contribution in [0.4, 0.5) is 5.69 Å². The van der Waals surface area contributed by atoms with Crippen molar-refractivity contribution >= 4 is 22.0 Å². The van der Waals surface area contributed by atoms with Gasteiger partial charge < -0.3 is 11.5 Å². The Balaban J connectivity index is 2.40. The summed E-state index contributed by atoms with van der Waals surface area (Å²) in [5, 5.41) is 2.30. The van der Waals surface area contributed by atoms with Crippen LogP contribution in [0.3, 0.4) is 0 Å². The molecule has 3 aromatic carbocycles. The van der Waals surface area contributed by atoms with Crippen molar-refractivity contribution in [2.45, 2.75) is 13.8 Å². The van der Waals surface area contributed by atoms with Gasteiger partial charge >= 0.3 is 0 Å². The van der Waals surface area contributed by atoms with Gasteiger partial charge in [-0.3, -0.25) is 0 Å². The summed E-state index contributed by atoms with van der Waals surface area (Å²) in [6.07, 6.45) is 0. The van der Waals surface area contributed by atoms with Gasteiger partial charge in [-0.25, -0.2) is 0 Å². The summed E-state index contributed by atoms with van der Waals surface area (Å²) >= 11 is 0. The second-order valence-corrected chi connectivity index (χ2v) is 5.62. The third kappa shape index (κ3) is 2.33. The topological polar surface area (TPSA) is 52.0 Å². The molecule has 0 unspecified atom stereocenters. The van der Waals surface area contributed by atoms with Gasteiger partial charge in [-0.15, -0.1) is 0 Å². The van der Waals surface area contributed by atoms with E-state index in [9.17, 15) is 0 Å². The van der Waals surface area contributed by atoms with Gasteiger partial charge in [0, 0.05) is 22.5 Å². The minimum Gasteiger partial charge on any atom is -0.402 e. The number of aryl methyl sites for hydroxylation is 1. The molecule has 2 heteroatoms. The number of benzene rings is 3. The predicted octanol–water partition coefficient (Wildman–Crippen LogP) is 4.47. The first-order valence-electron chi connectivity index (χ1n) is 7.39. The Hall–Kier alpha value is -2.74. The maximum absolute atomic E-state index is 6.32. The minimum atomic E-state index is 0.752. The van der Waals surface area contributed by atoms with Gasteiger partial charge in [0.1, 0.15) is 0 Å². The van der Waals surface area contributed by atoms with Crippen LogP contribution in [0.25, 0.3) is 16.3 Å². The summed E-state index contributed by atoms with van der Waals surface area (Å²) in [5.41, 5.74) is 18.5. The molecule has 0 aliphatic carbocycles. The summed E-state index contributed by atoms with van der Waals surface area (Å²) < 4.78 is 0. The van der Waals surface area contributed by atoms with Gasteiger partial charge in [-0.2, -0.15) is 0 Å². The van der Waals surface area contributed by atoms with Gasteiger partial charge in [-0.05, 0) is 41.8 Å². The first-order chi connectivity index (χ1) is 10.6. The lowest BCUT2D eigenvalue weighted by Gasteiger charge is -2.17. The monoisotopic (exact) mass is 288 g/mol. The number of nitrogens with two attached hydrogens (primary N) is 2. The summed E-state index contributed by atoms with van der Waals surface area (Å²) in [5.74, 6) is 0. The fourth-order valence-electron chi connectivity index (χ4n) is 2.97. The third-order valence-corrected chi connectivity index (χ3v) is 4.02. The van der Waals surface area contributed by atoms with Crippen molar-refractivity contribution in [3.63, 3.8) is 0 Å². The molecule has 0 heterocycles. The van der Waals surface area contributed by atoms with E-state index in [0.717, 1.165) is 33.5 Å². The molecule has 2 nitrogen and oxygen atoms in total. The average Bonchev–Trinajstić information content (AvgIpc) is 2.51. The molecule has 0 spiro atoms. The van der Waals surface area contributed by atoms with Crippen LogP contribution < -0.4 is 11.5 Å². The number of rotatable bonds is 2. The summed E-state index contributed by atoms with van der Waals surface area (Å²) in [6, 6.07) is 20.5. The van der Waals surface area contributed by atoms with Crippen LogP contribution in [0.15, 0.2) is 66.4 Å². The van der Waals surface area contributed by atoms with Crippen molar-refractivity contribution in [1.29, 1.82) is 0 Å². The number of hydrogen-bond acceptors (Lipinski definition) is 2. The molecule has 0 bridgehead atoms. The van der Waals surface area contributed by atoms with E-state index in [0.29, 0.717) is 0 Å². The van der Waals surface area contributed by atoms with Crippen LogP contribution in [0.5, 0.6) is 0 Å². The molecular weight excluding hydrogens is 268 g/mol. The molecule has 0 radical (unpaired) electrons. The first kappa shape index (κ1) is 14.2. The van der Waals surface area contributed by atoms with Crippen molar-refractivity contribution in [3.05, 3.63) is 83.1 Å². The molecule has 4 N–H and O–H groups in total. The van der Waals surface area contributed by atoms with E-state index in [1.54, 1.807) is 0 Å². The maximum atomic E-state index is 6.32. The van der Waals surface area contributed by atoms with E-state index in [-0.39, 0.29) is 0 Å². The zero-order chi connectivity index (χ0) is 15.7. The van der Waals surface area contributed by atoms with Gasteiger partial charge in [0.05, 0.1) is 0 Å². The van der Waals surface area contributed by atoms with Gasteiger partial charge in [0.2, 0.25) is 0 Å². The summed E-state index contributed by atoms with van der Waals surface area (Å²) in [4.78, 5) is 0.